The molecule has 1 aromatic rings. The van der Waals surface area contributed by atoms with Gasteiger partial charge in [-0.25, -0.2) is 0 Å². The molecule has 0 aliphatic carbocycles. The summed E-state index contributed by atoms with van der Waals surface area (Å²) in [6.45, 7) is 2.47. The summed E-state index contributed by atoms with van der Waals surface area (Å²) in [7, 11) is 0. The minimum Gasteiger partial charge on any atom is -1.00 e. The molecule has 0 saturated carbocycles. The van der Waals surface area contributed by atoms with Crippen molar-refractivity contribution in [3.63, 3.8) is 0 Å². The first-order valence-corrected chi connectivity index (χ1v) is 5.41. The Bertz CT molecular complexity index is 352. The minimum absolute atomic E-state index is 0. The molecular formula is C13H16ClN. The van der Waals surface area contributed by atoms with Crippen LogP contribution in [0.2, 0.25) is 0 Å². The average molecular weight is 222 g/mol. The number of fused-ring (bicyclic) bond motifs is 2. The lowest BCUT2D eigenvalue weighted by molar-refractivity contribution is -0.00000277. The lowest BCUT2D eigenvalue weighted by atomic mass is 9.79. The van der Waals surface area contributed by atoms with E-state index >= 15 is 0 Å². The molecule has 3 heterocycles. The van der Waals surface area contributed by atoms with E-state index in [-0.39, 0.29) is 13.8 Å². The van der Waals surface area contributed by atoms with Crippen molar-refractivity contribution in [3.8, 4) is 0 Å². The summed E-state index contributed by atoms with van der Waals surface area (Å²) >= 11 is 0. The fourth-order valence-electron chi connectivity index (χ4n) is 2.65. The van der Waals surface area contributed by atoms with Crippen molar-refractivity contribution in [1.29, 1.82) is 0 Å². The zero-order chi connectivity index (χ0) is 9.38. The van der Waals surface area contributed by atoms with E-state index in [9.17, 15) is 0 Å². The molecule has 1 nitrogen and oxygen atoms in total. The van der Waals surface area contributed by atoms with E-state index < -0.39 is 0 Å². The van der Waals surface area contributed by atoms with E-state index in [4.69, 9.17) is 0 Å². The van der Waals surface area contributed by atoms with E-state index in [2.05, 4.69) is 47.5 Å². The lowest BCUT2D eigenvalue weighted by Crippen LogP contribution is -3.00. The molecular weight excluding hydrogens is 206 g/mol. The number of rotatable bonds is 1. The normalized spacial score (nSPS) is 27.6. The second-order valence-electron chi connectivity index (χ2n) is 4.31. The molecule has 15 heavy (non-hydrogen) atoms. The summed E-state index contributed by atoms with van der Waals surface area (Å²) in [5.74, 6) is 1.51. The monoisotopic (exact) mass is 221 g/mol. The van der Waals surface area contributed by atoms with E-state index in [0.717, 1.165) is 11.8 Å². The Kier molecular flexibility index (Phi) is 3.01. The molecule has 2 unspecified atom stereocenters. The summed E-state index contributed by atoms with van der Waals surface area (Å²) < 4.78 is 0. The van der Waals surface area contributed by atoms with Gasteiger partial charge in [0.05, 0.1) is 0 Å². The number of hydrogen-bond donors (Lipinski definition) is 0. The van der Waals surface area contributed by atoms with Crippen LogP contribution in [0.1, 0.15) is 19.3 Å². The predicted octanol–water partition coefficient (Wildman–Crippen LogP) is -0.264. The average Bonchev–Trinajstić information content (AvgIpc) is 2.32. The molecule has 1 fully saturated rings. The number of allylic oxidation sites excluding steroid dienone is 1. The Labute approximate surface area is 98.7 Å². The Morgan fingerprint density at radius 3 is 2.53 bits per heavy atom. The number of hydrogen-bond acceptors (Lipinski definition) is 1. The van der Waals surface area contributed by atoms with E-state index in [1.807, 2.05) is 0 Å². The van der Waals surface area contributed by atoms with Crippen LogP contribution in [0.4, 0.5) is 0 Å². The van der Waals surface area contributed by atoms with Gasteiger partial charge in [0.15, 0.2) is 0 Å². The highest BCUT2D eigenvalue weighted by Gasteiger charge is 2.30. The largest absolute Gasteiger partial charge is 1.00 e. The van der Waals surface area contributed by atoms with Gasteiger partial charge in [-0.2, -0.15) is 0 Å². The second kappa shape index (κ2) is 4.28. The van der Waals surface area contributed by atoms with Crippen LogP contribution in [-0.4, -0.2) is 18.0 Å². The van der Waals surface area contributed by atoms with Crippen molar-refractivity contribution in [1.82, 2.24) is 4.90 Å². The number of halogens is 1. The maximum absolute atomic E-state index is 2.44. The van der Waals surface area contributed by atoms with Gasteiger partial charge in [-0.1, -0.05) is 36.4 Å². The Balaban J connectivity index is 0.000000640. The minimum atomic E-state index is 0. The first-order chi connectivity index (χ1) is 6.93. The van der Waals surface area contributed by atoms with Crippen molar-refractivity contribution in [2.45, 2.75) is 12.3 Å². The third-order valence-electron chi connectivity index (χ3n) is 3.47. The van der Waals surface area contributed by atoms with Gasteiger partial charge in [0.2, 0.25) is 0 Å². The molecule has 3 aliphatic heterocycles. The van der Waals surface area contributed by atoms with Crippen LogP contribution in [0.15, 0.2) is 42.6 Å². The van der Waals surface area contributed by atoms with Crippen LogP contribution in [0.3, 0.4) is 0 Å². The second-order valence-corrected chi connectivity index (χ2v) is 4.31. The van der Waals surface area contributed by atoms with Gasteiger partial charge in [-0.3, -0.25) is 0 Å². The molecule has 0 N–H and O–H groups in total. The Morgan fingerprint density at radius 1 is 1.20 bits per heavy atom. The summed E-state index contributed by atoms with van der Waals surface area (Å²) in [6, 6.07) is 10.9. The van der Waals surface area contributed by atoms with Crippen molar-refractivity contribution < 1.29 is 13.8 Å². The van der Waals surface area contributed by atoms with Gasteiger partial charge in [-0.05, 0) is 24.1 Å². The molecule has 80 valence electrons. The van der Waals surface area contributed by atoms with Gasteiger partial charge >= 0.3 is 1.43 Å². The highest BCUT2D eigenvalue weighted by atomic mass is 35.5. The van der Waals surface area contributed by atoms with Gasteiger partial charge in [0.1, 0.15) is 0 Å². The number of nitrogens with zero attached hydrogens (tertiary/aromatic N) is 1. The quantitative estimate of drug-likeness (QED) is 0.632. The summed E-state index contributed by atoms with van der Waals surface area (Å²) in [5.41, 5.74) is 1.51. The van der Waals surface area contributed by atoms with Crippen molar-refractivity contribution in [2.75, 3.05) is 13.1 Å². The fraction of sp³-hybridized carbons (Fsp3) is 0.385. The molecule has 3 aliphatic rings. The molecule has 0 aromatic heterocycles. The molecule has 4 rings (SSSR count). The van der Waals surface area contributed by atoms with Crippen LogP contribution in [0.25, 0.3) is 0 Å². The molecule has 1 saturated heterocycles. The molecule has 0 spiro atoms. The fourth-order valence-corrected chi connectivity index (χ4v) is 2.65. The van der Waals surface area contributed by atoms with Crippen LogP contribution in [-0.2, 0) is 0 Å². The van der Waals surface area contributed by atoms with Gasteiger partial charge in [0.25, 0.3) is 0 Å². The van der Waals surface area contributed by atoms with Gasteiger partial charge in [0, 0.05) is 19.0 Å². The summed E-state index contributed by atoms with van der Waals surface area (Å²) in [5, 5.41) is 0. The van der Waals surface area contributed by atoms with E-state index in [0.29, 0.717) is 0 Å². The third kappa shape index (κ3) is 1.89. The van der Waals surface area contributed by atoms with Crippen LogP contribution in [0, 0.1) is 5.92 Å². The molecule has 2 atom stereocenters. The highest BCUT2D eigenvalue weighted by Crippen LogP contribution is 2.36. The van der Waals surface area contributed by atoms with Crippen LogP contribution < -0.4 is 12.4 Å². The predicted molar refractivity (Wildman–Crippen MR) is 59.1 cm³/mol. The topological polar surface area (TPSA) is 3.24 Å². The summed E-state index contributed by atoms with van der Waals surface area (Å²) in [6.07, 6.45) is 5.98. The van der Waals surface area contributed by atoms with Crippen molar-refractivity contribution >= 4 is 0 Å². The highest BCUT2D eigenvalue weighted by molar-refractivity contribution is 5.25. The Hall–Kier alpha value is -0.950. The van der Waals surface area contributed by atoms with Crippen LogP contribution >= 0.6 is 0 Å². The van der Waals surface area contributed by atoms with Gasteiger partial charge in [-0.15, -0.1) is 0 Å². The molecule has 0 radical (unpaired) electrons. The van der Waals surface area contributed by atoms with Crippen LogP contribution in [0.5, 0.6) is 0 Å². The zero-order valence-electron chi connectivity index (χ0n) is 9.64. The number of piperidine rings is 1. The summed E-state index contributed by atoms with van der Waals surface area (Å²) in [4.78, 5) is 2.44. The van der Waals surface area contributed by atoms with E-state index in [1.165, 1.54) is 25.1 Å². The third-order valence-corrected chi connectivity index (χ3v) is 3.47. The molecule has 0 amide bonds. The first kappa shape index (κ1) is 10.6. The smallest absolute Gasteiger partial charge is 1.00 e. The molecule has 2 heteroatoms. The Morgan fingerprint density at radius 2 is 2.00 bits per heavy atom. The number of benzene rings is 1. The standard InChI is InChI=1S/C13H15N.ClH/c1-2-4-11(5-3-1)13-10-14-8-6-12(13)7-9-14;/h1-6,8,12-13H,7,9-10H2;1H. The van der Waals surface area contributed by atoms with Crippen molar-refractivity contribution in [2.24, 2.45) is 5.92 Å². The molecule has 2 bridgehead atoms. The van der Waals surface area contributed by atoms with E-state index in [1.54, 1.807) is 0 Å². The SMILES string of the molecule is C1=CN2CCC1C(c1ccccc1)C2.[Cl-].[H+]. The van der Waals surface area contributed by atoms with Crippen molar-refractivity contribution in [3.05, 3.63) is 48.2 Å². The zero-order valence-corrected chi connectivity index (χ0v) is 9.40. The molecule has 1 aromatic carbocycles. The lowest BCUT2D eigenvalue weighted by Gasteiger charge is -2.41. The maximum atomic E-state index is 2.44. The first-order valence-electron chi connectivity index (χ1n) is 5.41. The van der Waals surface area contributed by atoms with Gasteiger partial charge < -0.3 is 17.3 Å². The maximum Gasteiger partial charge on any atom is 1.00 e.